The number of carbonyl (C=O) groups excluding carboxylic acids is 2. The second-order valence-corrected chi connectivity index (χ2v) is 13.0. The van der Waals surface area contributed by atoms with Gasteiger partial charge in [0.2, 0.25) is 24.4 Å². The molecule has 3 aliphatic rings. The van der Waals surface area contributed by atoms with Gasteiger partial charge < -0.3 is 34.0 Å². The van der Waals surface area contributed by atoms with Crippen LogP contribution in [-0.4, -0.2) is 122 Å². The molecule has 3 atom stereocenters. The molecule has 0 aliphatic carbocycles. The Kier molecular flexibility index (Phi) is 10.8. The van der Waals surface area contributed by atoms with Crippen molar-refractivity contribution in [3.63, 3.8) is 0 Å². The van der Waals surface area contributed by atoms with Gasteiger partial charge in [-0.3, -0.25) is 19.3 Å². The summed E-state index contributed by atoms with van der Waals surface area (Å²) in [6.45, 7) is 10.00. The normalized spacial score (nSPS) is 22.9. The fourth-order valence-corrected chi connectivity index (χ4v) is 6.67. The van der Waals surface area contributed by atoms with E-state index in [0.29, 0.717) is 56.4 Å². The van der Waals surface area contributed by atoms with Gasteiger partial charge >= 0.3 is 5.97 Å². The van der Waals surface area contributed by atoms with Gasteiger partial charge in [-0.05, 0) is 64.0 Å². The highest BCUT2D eigenvalue weighted by molar-refractivity contribution is 5.84. The monoisotopic (exact) mass is 602 g/mol. The van der Waals surface area contributed by atoms with Crippen molar-refractivity contribution in [1.82, 2.24) is 19.6 Å². The van der Waals surface area contributed by atoms with Gasteiger partial charge in [-0.2, -0.15) is 0 Å². The number of carbonyl (C=O) groups is 3. The zero-order chi connectivity index (χ0) is 31.3. The maximum atomic E-state index is 13.8. The largest absolute Gasteiger partial charge is 0.493 e. The predicted octanol–water partition coefficient (Wildman–Crippen LogP) is 3.12. The Morgan fingerprint density at radius 2 is 1.88 bits per heavy atom. The van der Waals surface area contributed by atoms with Crippen LogP contribution < -0.4 is 14.2 Å². The second kappa shape index (κ2) is 14.2. The summed E-state index contributed by atoms with van der Waals surface area (Å²) in [5.74, 6) is -0.434. The number of ether oxygens (including phenoxy) is 3. The Bertz CT molecular complexity index is 1160. The molecular weight excluding hydrogens is 552 g/mol. The van der Waals surface area contributed by atoms with E-state index in [0.717, 1.165) is 37.8 Å². The zero-order valence-corrected chi connectivity index (χ0v) is 26.8. The van der Waals surface area contributed by atoms with Crippen molar-refractivity contribution in [2.75, 3.05) is 73.8 Å². The highest BCUT2D eigenvalue weighted by atomic mass is 16.7. The number of carboxylic acid groups (broad SMARTS) is 1. The number of benzene rings is 1. The SMILES string of the molecule is CCCCN(CCCN(C)C)C(=O)CN1C[C@H](c2cc(OC)c3c(c2)OCO3)C(C(=O)O)[C@@H]1CCN1CCC(C)(C)C1=O. The van der Waals surface area contributed by atoms with Gasteiger partial charge in [0.15, 0.2) is 11.5 Å². The molecule has 1 aromatic carbocycles. The van der Waals surface area contributed by atoms with E-state index in [1.807, 2.05) is 54.8 Å². The zero-order valence-electron chi connectivity index (χ0n) is 26.8. The molecule has 0 spiro atoms. The molecule has 2 saturated heterocycles. The number of amides is 2. The van der Waals surface area contributed by atoms with Crippen LogP contribution in [0.25, 0.3) is 0 Å². The molecule has 4 rings (SSSR count). The molecule has 0 radical (unpaired) electrons. The van der Waals surface area contributed by atoms with E-state index >= 15 is 0 Å². The lowest BCUT2D eigenvalue weighted by molar-refractivity contribution is -0.144. The number of fused-ring (bicyclic) bond motifs is 1. The Hall–Kier alpha value is -3.05. The van der Waals surface area contributed by atoms with E-state index in [4.69, 9.17) is 14.2 Å². The number of likely N-dealkylation sites (tertiary alicyclic amines) is 2. The number of rotatable bonds is 15. The minimum absolute atomic E-state index is 0.0173. The number of nitrogens with zero attached hydrogens (tertiary/aromatic N) is 4. The summed E-state index contributed by atoms with van der Waals surface area (Å²) in [5.41, 5.74) is 0.371. The van der Waals surface area contributed by atoms with Crippen LogP contribution >= 0.6 is 0 Å². The third kappa shape index (κ3) is 7.55. The van der Waals surface area contributed by atoms with Crippen molar-refractivity contribution in [1.29, 1.82) is 0 Å². The van der Waals surface area contributed by atoms with Crippen molar-refractivity contribution in [3.8, 4) is 17.2 Å². The molecule has 2 amide bonds. The van der Waals surface area contributed by atoms with Crippen LogP contribution in [0.15, 0.2) is 12.1 Å². The molecule has 0 bridgehead atoms. The summed E-state index contributed by atoms with van der Waals surface area (Å²) < 4.78 is 16.8. The molecule has 11 heteroatoms. The molecule has 1 N–H and O–H groups in total. The first-order valence-corrected chi connectivity index (χ1v) is 15.6. The Labute approximate surface area is 256 Å². The lowest BCUT2D eigenvalue weighted by atomic mass is 9.84. The number of methoxy groups -OCH3 is 1. The smallest absolute Gasteiger partial charge is 0.308 e. The molecule has 3 heterocycles. The molecule has 0 saturated carbocycles. The van der Waals surface area contributed by atoms with Crippen LogP contribution in [0.4, 0.5) is 0 Å². The third-order valence-corrected chi connectivity index (χ3v) is 9.22. The quantitative estimate of drug-likeness (QED) is 0.324. The number of aliphatic carboxylic acids is 1. The van der Waals surface area contributed by atoms with E-state index in [9.17, 15) is 19.5 Å². The molecule has 1 aromatic rings. The topological polar surface area (TPSA) is 112 Å². The molecule has 3 aliphatic heterocycles. The van der Waals surface area contributed by atoms with Crippen LogP contribution in [-0.2, 0) is 14.4 Å². The minimum atomic E-state index is -0.913. The van der Waals surface area contributed by atoms with Crippen LogP contribution in [0.2, 0.25) is 0 Å². The summed E-state index contributed by atoms with van der Waals surface area (Å²) in [6, 6.07) is 3.25. The number of hydrogen-bond acceptors (Lipinski definition) is 8. The lowest BCUT2D eigenvalue weighted by Crippen LogP contribution is -2.46. The van der Waals surface area contributed by atoms with E-state index in [1.165, 1.54) is 0 Å². The van der Waals surface area contributed by atoms with Crippen molar-refractivity contribution in [3.05, 3.63) is 17.7 Å². The standard InChI is InChI=1S/C32H50N4O7/c1-7-8-13-34(14-9-12-33(4)5)27(37)20-36-19-23(22-17-25(41-6)29-26(18-22)42-21-43-29)28(30(38)39)24(36)10-15-35-16-11-32(2,3)31(35)40/h17-18,23-24,28H,7-16,19-21H2,1-6H3,(H,38,39)/t23-,24+,28?/m1/s1. The number of unbranched alkanes of at least 4 members (excludes halogenated alkanes) is 1. The molecule has 240 valence electrons. The Morgan fingerprint density at radius 3 is 2.51 bits per heavy atom. The van der Waals surface area contributed by atoms with E-state index in [1.54, 1.807) is 7.11 Å². The van der Waals surface area contributed by atoms with Gasteiger partial charge in [0.05, 0.1) is 19.6 Å². The lowest BCUT2D eigenvalue weighted by Gasteiger charge is -2.31. The van der Waals surface area contributed by atoms with Gasteiger partial charge in [0.1, 0.15) is 0 Å². The van der Waals surface area contributed by atoms with Crippen molar-refractivity contribution in [2.24, 2.45) is 11.3 Å². The van der Waals surface area contributed by atoms with Crippen LogP contribution in [0.3, 0.4) is 0 Å². The molecule has 2 fully saturated rings. The number of carboxylic acids is 1. The Morgan fingerprint density at radius 1 is 1.14 bits per heavy atom. The van der Waals surface area contributed by atoms with Crippen LogP contribution in [0.5, 0.6) is 17.2 Å². The second-order valence-electron chi connectivity index (χ2n) is 13.0. The summed E-state index contributed by atoms with van der Waals surface area (Å²) in [5, 5.41) is 10.6. The van der Waals surface area contributed by atoms with Crippen LogP contribution in [0.1, 0.15) is 64.4 Å². The highest BCUT2D eigenvalue weighted by Gasteiger charge is 2.48. The number of hydrogen-bond donors (Lipinski definition) is 1. The fourth-order valence-electron chi connectivity index (χ4n) is 6.67. The summed E-state index contributed by atoms with van der Waals surface area (Å²) in [6.07, 6.45) is 4.02. The summed E-state index contributed by atoms with van der Waals surface area (Å²) in [7, 11) is 5.60. The molecule has 1 unspecified atom stereocenters. The molecule has 11 nitrogen and oxygen atoms in total. The van der Waals surface area contributed by atoms with Gasteiger partial charge in [-0.25, -0.2) is 0 Å². The minimum Gasteiger partial charge on any atom is -0.493 e. The first-order valence-electron chi connectivity index (χ1n) is 15.6. The van der Waals surface area contributed by atoms with Crippen molar-refractivity contribution >= 4 is 17.8 Å². The maximum Gasteiger partial charge on any atom is 0.308 e. The fraction of sp³-hybridized carbons (Fsp3) is 0.719. The third-order valence-electron chi connectivity index (χ3n) is 9.22. The summed E-state index contributed by atoms with van der Waals surface area (Å²) >= 11 is 0. The van der Waals surface area contributed by atoms with Crippen molar-refractivity contribution < 1.29 is 33.7 Å². The molecule has 43 heavy (non-hydrogen) atoms. The summed E-state index contributed by atoms with van der Waals surface area (Å²) in [4.78, 5) is 47.7. The van der Waals surface area contributed by atoms with E-state index < -0.39 is 29.3 Å². The molecular formula is C32H50N4O7. The average Bonchev–Trinajstić information content (AvgIpc) is 3.64. The first-order chi connectivity index (χ1) is 20.5. The van der Waals surface area contributed by atoms with Gasteiger partial charge in [-0.1, -0.05) is 27.2 Å². The molecule has 0 aromatic heterocycles. The van der Waals surface area contributed by atoms with Gasteiger partial charge in [0, 0.05) is 50.1 Å². The Balaban J connectivity index is 1.61. The first kappa shape index (κ1) is 32.9. The highest BCUT2D eigenvalue weighted by Crippen LogP contribution is 2.47. The van der Waals surface area contributed by atoms with Gasteiger partial charge in [-0.15, -0.1) is 0 Å². The average molecular weight is 603 g/mol. The van der Waals surface area contributed by atoms with E-state index in [-0.39, 0.29) is 25.2 Å². The maximum absolute atomic E-state index is 13.8. The van der Waals surface area contributed by atoms with Crippen LogP contribution in [0, 0.1) is 11.3 Å². The van der Waals surface area contributed by atoms with Gasteiger partial charge in [0.25, 0.3) is 0 Å². The van der Waals surface area contributed by atoms with Crippen molar-refractivity contribution in [2.45, 2.75) is 64.8 Å². The predicted molar refractivity (Wildman–Crippen MR) is 163 cm³/mol. The van der Waals surface area contributed by atoms with E-state index in [2.05, 4.69) is 11.8 Å².